The van der Waals surface area contributed by atoms with Crippen molar-refractivity contribution in [2.45, 2.75) is 38.6 Å². The number of nitrogens with zero attached hydrogens (tertiary/aromatic N) is 2. The molecule has 0 aromatic heterocycles. The standard InChI is InChI=1S/C19H28F3N5O/c1-19(2,27-9-5-4-6-10-27)12-25-18(23-3)24-11-15(28)26-14-8-7-13(20)16(21)17(14)22/h7-8H,4-6,9-12H2,1-3H3,(H,26,28)(H2,23,24,25). The minimum atomic E-state index is -1.62. The van der Waals surface area contributed by atoms with Crippen LogP contribution in [0.15, 0.2) is 17.1 Å². The maximum atomic E-state index is 13.6. The summed E-state index contributed by atoms with van der Waals surface area (Å²) in [4.78, 5) is 18.5. The number of piperidine rings is 1. The summed E-state index contributed by atoms with van der Waals surface area (Å²) in [5.74, 6) is -4.55. The zero-order chi connectivity index (χ0) is 20.7. The van der Waals surface area contributed by atoms with E-state index in [0.29, 0.717) is 12.5 Å². The maximum Gasteiger partial charge on any atom is 0.243 e. The van der Waals surface area contributed by atoms with Crippen LogP contribution in [0.1, 0.15) is 33.1 Å². The number of halogens is 3. The van der Waals surface area contributed by atoms with Gasteiger partial charge in [-0.05, 0) is 51.9 Å². The summed E-state index contributed by atoms with van der Waals surface area (Å²) < 4.78 is 39.8. The van der Waals surface area contributed by atoms with Gasteiger partial charge < -0.3 is 16.0 Å². The molecule has 0 aliphatic carbocycles. The van der Waals surface area contributed by atoms with Gasteiger partial charge in [0, 0.05) is 19.1 Å². The number of amides is 1. The first-order valence-corrected chi connectivity index (χ1v) is 9.37. The Hall–Kier alpha value is -2.29. The van der Waals surface area contributed by atoms with Crippen LogP contribution in [0.25, 0.3) is 0 Å². The molecule has 3 N–H and O–H groups in total. The molecule has 1 aliphatic rings. The molecule has 6 nitrogen and oxygen atoms in total. The van der Waals surface area contributed by atoms with Gasteiger partial charge in [0.15, 0.2) is 23.4 Å². The molecule has 28 heavy (non-hydrogen) atoms. The van der Waals surface area contributed by atoms with Gasteiger partial charge in [-0.25, -0.2) is 13.2 Å². The number of carbonyl (C=O) groups excluding carboxylic acids is 1. The third-order valence-corrected chi connectivity index (χ3v) is 4.85. The second-order valence-corrected chi connectivity index (χ2v) is 7.41. The lowest BCUT2D eigenvalue weighted by molar-refractivity contribution is -0.115. The van der Waals surface area contributed by atoms with Gasteiger partial charge in [-0.3, -0.25) is 14.7 Å². The molecule has 0 bridgehead atoms. The van der Waals surface area contributed by atoms with Crippen molar-refractivity contribution in [3.8, 4) is 0 Å². The second-order valence-electron chi connectivity index (χ2n) is 7.41. The fraction of sp³-hybridized carbons (Fsp3) is 0.579. The molecule has 0 atom stereocenters. The fourth-order valence-corrected chi connectivity index (χ4v) is 3.11. The topological polar surface area (TPSA) is 68.8 Å². The fourth-order valence-electron chi connectivity index (χ4n) is 3.11. The van der Waals surface area contributed by atoms with Crippen LogP contribution in [0, 0.1) is 17.5 Å². The Morgan fingerprint density at radius 1 is 1.11 bits per heavy atom. The molecule has 1 saturated heterocycles. The first-order valence-electron chi connectivity index (χ1n) is 9.37. The Kier molecular flexibility index (Phi) is 7.68. The van der Waals surface area contributed by atoms with Crippen LogP contribution in [0.5, 0.6) is 0 Å². The summed E-state index contributed by atoms with van der Waals surface area (Å²) >= 11 is 0. The molecule has 0 unspecified atom stereocenters. The van der Waals surface area contributed by atoms with E-state index in [1.54, 1.807) is 7.05 Å². The van der Waals surface area contributed by atoms with E-state index < -0.39 is 29.0 Å². The van der Waals surface area contributed by atoms with Crippen molar-refractivity contribution in [1.29, 1.82) is 0 Å². The van der Waals surface area contributed by atoms with Crippen LogP contribution in [0.2, 0.25) is 0 Å². The number of hydrogen-bond donors (Lipinski definition) is 3. The molecule has 0 saturated carbocycles. The Morgan fingerprint density at radius 2 is 1.79 bits per heavy atom. The average Bonchev–Trinajstić information content (AvgIpc) is 2.69. The number of benzene rings is 1. The number of anilines is 1. The Labute approximate surface area is 163 Å². The van der Waals surface area contributed by atoms with Gasteiger partial charge >= 0.3 is 0 Å². The molecule has 0 radical (unpaired) electrons. The Balaban J connectivity index is 1.83. The monoisotopic (exact) mass is 399 g/mol. The predicted octanol–water partition coefficient (Wildman–Crippen LogP) is 2.47. The number of likely N-dealkylation sites (tertiary alicyclic amines) is 1. The highest BCUT2D eigenvalue weighted by Gasteiger charge is 2.28. The van der Waals surface area contributed by atoms with Gasteiger partial charge in [0.2, 0.25) is 5.91 Å². The largest absolute Gasteiger partial charge is 0.355 e. The van der Waals surface area contributed by atoms with Gasteiger partial charge in [-0.1, -0.05) is 6.42 Å². The van der Waals surface area contributed by atoms with E-state index >= 15 is 0 Å². The van der Waals surface area contributed by atoms with Gasteiger partial charge in [-0.2, -0.15) is 0 Å². The quantitative estimate of drug-likeness (QED) is 0.391. The zero-order valence-electron chi connectivity index (χ0n) is 16.5. The van der Waals surface area contributed by atoms with Crippen LogP contribution in [0.4, 0.5) is 18.9 Å². The second kappa shape index (κ2) is 9.77. The maximum absolute atomic E-state index is 13.6. The lowest BCUT2D eigenvalue weighted by Gasteiger charge is -2.41. The SMILES string of the molecule is CN=C(NCC(=O)Nc1ccc(F)c(F)c1F)NCC(C)(C)N1CCCCC1. The van der Waals surface area contributed by atoms with Crippen LogP contribution >= 0.6 is 0 Å². The van der Waals surface area contributed by atoms with E-state index in [0.717, 1.165) is 25.2 Å². The predicted molar refractivity (Wildman–Crippen MR) is 104 cm³/mol. The summed E-state index contributed by atoms with van der Waals surface area (Å²) in [6.45, 7) is 6.84. The van der Waals surface area contributed by atoms with Gasteiger partial charge in [0.25, 0.3) is 0 Å². The van der Waals surface area contributed by atoms with E-state index in [-0.39, 0.29) is 12.1 Å². The number of guanidine groups is 1. The van der Waals surface area contributed by atoms with Crippen molar-refractivity contribution in [2.24, 2.45) is 4.99 Å². The molecular weight excluding hydrogens is 371 g/mol. The lowest BCUT2D eigenvalue weighted by atomic mass is 9.98. The molecule has 1 aromatic rings. The average molecular weight is 399 g/mol. The number of rotatable bonds is 6. The van der Waals surface area contributed by atoms with E-state index in [9.17, 15) is 18.0 Å². The summed E-state index contributed by atoms with van der Waals surface area (Å²) in [7, 11) is 1.58. The smallest absolute Gasteiger partial charge is 0.243 e. The molecule has 1 heterocycles. The Morgan fingerprint density at radius 3 is 2.43 bits per heavy atom. The van der Waals surface area contributed by atoms with E-state index in [4.69, 9.17) is 0 Å². The van der Waals surface area contributed by atoms with Crippen molar-refractivity contribution in [3.05, 3.63) is 29.6 Å². The first-order chi connectivity index (χ1) is 13.2. The third-order valence-electron chi connectivity index (χ3n) is 4.85. The van der Waals surface area contributed by atoms with E-state index in [2.05, 4.69) is 39.7 Å². The number of nitrogens with one attached hydrogen (secondary N) is 3. The van der Waals surface area contributed by atoms with Crippen molar-refractivity contribution < 1.29 is 18.0 Å². The number of aliphatic imine (C=N–C) groups is 1. The molecule has 0 spiro atoms. The molecule has 156 valence electrons. The number of hydrogen-bond acceptors (Lipinski definition) is 3. The number of carbonyl (C=O) groups is 1. The summed E-state index contributed by atoms with van der Waals surface area (Å²) in [5, 5.41) is 8.22. The summed E-state index contributed by atoms with van der Waals surface area (Å²) in [5.41, 5.74) is -0.491. The molecular formula is C19H28F3N5O. The van der Waals surface area contributed by atoms with E-state index in [1.165, 1.54) is 19.3 Å². The molecule has 2 rings (SSSR count). The van der Waals surface area contributed by atoms with Gasteiger partial charge in [-0.15, -0.1) is 0 Å². The van der Waals surface area contributed by atoms with Gasteiger partial charge in [0.1, 0.15) is 0 Å². The summed E-state index contributed by atoms with van der Waals surface area (Å²) in [6, 6.07) is 1.73. The zero-order valence-corrected chi connectivity index (χ0v) is 16.5. The van der Waals surface area contributed by atoms with Crippen molar-refractivity contribution in [2.75, 3.05) is 38.5 Å². The summed E-state index contributed by atoms with van der Waals surface area (Å²) in [6.07, 6.45) is 3.64. The van der Waals surface area contributed by atoms with Crippen LogP contribution in [-0.2, 0) is 4.79 Å². The highest BCUT2D eigenvalue weighted by molar-refractivity contribution is 5.95. The molecule has 1 aromatic carbocycles. The molecule has 9 heteroatoms. The molecule has 1 fully saturated rings. The third kappa shape index (κ3) is 5.85. The minimum absolute atomic E-state index is 0.0743. The normalized spacial score (nSPS) is 16.0. The van der Waals surface area contributed by atoms with Gasteiger partial charge in [0.05, 0.1) is 12.2 Å². The van der Waals surface area contributed by atoms with Crippen molar-refractivity contribution >= 4 is 17.6 Å². The highest BCUT2D eigenvalue weighted by Crippen LogP contribution is 2.20. The lowest BCUT2D eigenvalue weighted by Crippen LogP contribution is -2.55. The Bertz CT molecular complexity index is 718. The van der Waals surface area contributed by atoms with Crippen LogP contribution in [-0.4, -0.2) is 55.5 Å². The van der Waals surface area contributed by atoms with Crippen LogP contribution in [0.3, 0.4) is 0 Å². The first kappa shape index (κ1) is 22.0. The van der Waals surface area contributed by atoms with Crippen molar-refractivity contribution in [1.82, 2.24) is 15.5 Å². The molecule has 1 aliphatic heterocycles. The van der Waals surface area contributed by atoms with Crippen LogP contribution < -0.4 is 16.0 Å². The highest BCUT2D eigenvalue weighted by atomic mass is 19.2. The van der Waals surface area contributed by atoms with Crippen molar-refractivity contribution in [3.63, 3.8) is 0 Å². The van der Waals surface area contributed by atoms with E-state index in [1.807, 2.05) is 0 Å². The minimum Gasteiger partial charge on any atom is -0.355 e. The molecule has 1 amide bonds.